The number of rotatable bonds is 12. The molecule has 0 bridgehead atoms. The van der Waals surface area contributed by atoms with E-state index < -0.39 is 17.9 Å². The second-order valence-corrected chi connectivity index (χ2v) is 7.82. The minimum atomic E-state index is -0.762. The van der Waals surface area contributed by atoms with Crippen molar-refractivity contribution in [2.24, 2.45) is 11.0 Å². The van der Waals surface area contributed by atoms with Crippen LogP contribution in [0.25, 0.3) is 0 Å². The number of ether oxygens (including phenoxy) is 4. The molecule has 0 aliphatic heterocycles. The van der Waals surface area contributed by atoms with Crippen LogP contribution in [0.15, 0.2) is 47.6 Å². The van der Waals surface area contributed by atoms with Gasteiger partial charge in [-0.25, -0.2) is 10.2 Å². The molecule has 1 atom stereocenters. The molecule has 0 aromatic heterocycles. The number of nitrogens with one attached hydrogen (secondary N) is 2. The summed E-state index contributed by atoms with van der Waals surface area (Å²) in [7, 11) is 4.31. The zero-order chi connectivity index (χ0) is 25.8. The van der Waals surface area contributed by atoms with Gasteiger partial charge in [-0.1, -0.05) is 26.0 Å². The summed E-state index contributed by atoms with van der Waals surface area (Å²) in [6.07, 6.45) is 1.56. The number of nitrogens with zero attached hydrogens (tertiary/aromatic N) is 1. The van der Waals surface area contributed by atoms with Crippen LogP contribution in [0.4, 0.5) is 0 Å². The molecule has 0 heterocycles. The van der Waals surface area contributed by atoms with Crippen LogP contribution in [-0.4, -0.2) is 58.0 Å². The van der Waals surface area contributed by atoms with Crippen LogP contribution < -0.4 is 25.0 Å². The molecule has 2 rings (SSSR count). The average molecular weight is 486 g/mol. The SMILES string of the molecule is COC(=O)COc1ccc(/C=N\NC(=O)[C@H](NC(=O)Cc2ccc(OC)cc2)C(C)C)cc1OC. The number of carbonyl (C=O) groups excluding carboxylic acids is 3. The van der Waals surface area contributed by atoms with Crippen molar-refractivity contribution in [1.29, 1.82) is 0 Å². The molecule has 0 radical (unpaired) electrons. The molecule has 35 heavy (non-hydrogen) atoms. The van der Waals surface area contributed by atoms with Crippen molar-refractivity contribution in [3.05, 3.63) is 53.6 Å². The van der Waals surface area contributed by atoms with Crippen LogP contribution in [-0.2, 0) is 25.5 Å². The average Bonchev–Trinajstić information content (AvgIpc) is 2.86. The van der Waals surface area contributed by atoms with E-state index in [0.29, 0.717) is 22.8 Å². The molecule has 0 spiro atoms. The van der Waals surface area contributed by atoms with Crippen molar-refractivity contribution < 1.29 is 33.3 Å². The van der Waals surface area contributed by atoms with Gasteiger partial charge in [-0.3, -0.25) is 9.59 Å². The normalized spacial score (nSPS) is 11.6. The Morgan fingerprint density at radius 2 is 1.69 bits per heavy atom. The van der Waals surface area contributed by atoms with Crippen LogP contribution in [0.3, 0.4) is 0 Å². The van der Waals surface area contributed by atoms with Crippen molar-refractivity contribution in [2.45, 2.75) is 26.3 Å². The highest BCUT2D eigenvalue weighted by Crippen LogP contribution is 2.27. The number of esters is 1. The monoisotopic (exact) mass is 485 g/mol. The predicted octanol–water partition coefficient (Wildman–Crippen LogP) is 2.09. The van der Waals surface area contributed by atoms with Crippen LogP contribution >= 0.6 is 0 Å². The standard InChI is InChI=1S/C25H31N3O7/c1-16(2)24(27-22(29)13-17-6-9-19(32-3)10-7-17)25(31)28-26-14-18-8-11-20(21(12-18)33-4)35-15-23(30)34-5/h6-12,14,16,24H,13,15H2,1-5H3,(H,27,29)(H,28,31)/b26-14-/t24-/m1/s1. The van der Waals surface area contributed by atoms with Gasteiger partial charge in [0.15, 0.2) is 18.1 Å². The van der Waals surface area contributed by atoms with Gasteiger partial charge in [0.2, 0.25) is 5.91 Å². The number of hydrogen-bond donors (Lipinski definition) is 2. The van der Waals surface area contributed by atoms with Gasteiger partial charge in [-0.15, -0.1) is 0 Å². The van der Waals surface area contributed by atoms with E-state index in [1.54, 1.807) is 49.6 Å². The van der Waals surface area contributed by atoms with Gasteiger partial charge in [0.1, 0.15) is 11.8 Å². The maximum absolute atomic E-state index is 12.7. The van der Waals surface area contributed by atoms with E-state index in [0.717, 1.165) is 5.56 Å². The highest BCUT2D eigenvalue weighted by atomic mass is 16.6. The molecule has 0 fully saturated rings. The van der Waals surface area contributed by atoms with Crippen molar-refractivity contribution >= 4 is 24.0 Å². The summed E-state index contributed by atoms with van der Waals surface area (Å²) in [6.45, 7) is 3.41. The van der Waals surface area contributed by atoms with Crippen LogP contribution in [0.5, 0.6) is 17.2 Å². The molecule has 0 saturated carbocycles. The van der Waals surface area contributed by atoms with Crippen molar-refractivity contribution in [3.8, 4) is 17.2 Å². The molecule has 2 aromatic carbocycles. The second-order valence-electron chi connectivity index (χ2n) is 7.82. The molecule has 10 heteroatoms. The van der Waals surface area contributed by atoms with Crippen molar-refractivity contribution in [1.82, 2.24) is 10.7 Å². The Morgan fingerprint density at radius 1 is 0.971 bits per heavy atom. The lowest BCUT2D eigenvalue weighted by atomic mass is 10.0. The Labute approximate surface area is 204 Å². The second kappa shape index (κ2) is 13.6. The minimum Gasteiger partial charge on any atom is -0.497 e. The Balaban J connectivity index is 1.96. The number of hydrogen-bond acceptors (Lipinski definition) is 8. The Morgan fingerprint density at radius 3 is 2.29 bits per heavy atom. The summed E-state index contributed by atoms with van der Waals surface area (Å²) < 4.78 is 20.3. The fourth-order valence-electron chi connectivity index (χ4n) is 3.01. The smallest absolute Gasteiger partial charge is 0.343 e. The van der Waals surface area contributed by atoms with E-state index in [4.69, 9.17) is 14.2 Å². The molecular formula is C25H31N3O7. The summed E-state index contributed by atoms with van der Waals surface area (Å²) in [5.41, 5.74) is 3.89. The molecule has 0 aliphatic rings. The van der Waals surface area contributed by atoms with E-state index in [1.807, 2.05) is 13.8 Å². The lowest BCUT2D eigenvalue weighted by molar-refractivity contribution is -0.143. The first kappa shape index (κ1) is 27.2. The van der Waals surface area contributed by atoms with Crippen molar-refractivity contribution in [3.63, 3.8) is 0 Å². The van der Waals surface area contributed by atoms with Gasteiger partial charge in [0.25, 0.3) is 5.91 Å². The van der Waals surface area contributed by atoms with Gasteiger partial charge < -0.3 is 24.3 Å². The van der Waals surface area contributed by atoms with Crippen molar-refractivity contribution in [2.75, 3.05) is 27.9 Å². The maximum Gasteiger partial charge on any atom is 0.343 e. The van der Waals surface area contributed by atoms with E-state index >= 15 is 0 Å². The molecule has 0 aliphatic carbocycles. The van der Waals surface area contributed by atoms with Crippen LogP contribution in [0.2, 0.25) is 0 Å². The van der Waals surface area contributed by atoms with Gasteiger partial charge in [0, 0.05) is 0 Å². The van der Waals surface area contributed by atoms with Crippen LogP contribution in [0.1, 0.15) is 25.0 Å². The summed E-state index contributed by atoms with van der Waals surface area (Å²) in [4.78, 5) is 36.4. The van der Waals surface area contributed by atoms with Gasteiger partial charge in [-0.05, 0) is 47.4 Å². The molecule has 2 amide bonds. The fourth-order valence-corrected chi connectivity index (χ4v) is 3.01. The van der Waals surface area contributed by atoms with E-state index in [9.17, 15) is 14.4 Å². The molecule has 2 N–H and O–H groups in total. The number of amides is 2. The minimum absolute atomic E-state index is 0.133. The van der Waals surface area contributed by atoms with E-state index in [1.165, 1.54) is 20.4 Å². The van der Waals surface area contributed by atoms with Gasteiger partial charge >= 0.3 is 5.97 Å². The number of benzene rings is 2. The third kappa shape index (κ3) is 8.65. The number of carbonyl (C=O) groups is 3. The third-order valence-electron chi connectivity index (χ3n) is 4.94. The Hall–Kier alpha value is -4.08. The molecule has 2 aromatic rings. The molecule has 188 valence electrons. The first-order valence-corrected chi connectivity index (χ1v) is 10.9. The summed E-state index contributed by atoms with van der Waals surface area (Å²) in [5.74, 6) is 0.0538. The van der Waals surface area contributed by atoms with E-state index in [-0.39, 0.29) is 24.9 Å². The Kier molecular flexibility index (Phi) is 10.5. The largest absolute Gasteiger partial charge is 0.497 e. The Bertz CT molecular complexity index is 1040. The maximum atomic E-state index is 12.7. The zero-order valence-electron chi connectivity index (χ0n) is 20.5. The molecule has 0 unspecified atom stereocenters. The predicted molar refractivity (Wildman–Crippen MR) is 130 cm³/mol. The topological polar surface area (TPSA) is 125 Å². The number of methoxy groups -OCH3 is 3. The molecular weight excluding hydrogens is 454 g/mol. The van der Waals surface area contributed by atoms with E-state index in [2.05, 4.69) is 20.6 Å². The van der Waals surface area contributed by atoms with Crippen LogP contribution in [0, 0.1) is 5.92 Å². The zero-order valence-corrected chi connectivity index (χ0v) is 20.5. The third-order valence-corrected chi connectivity index (χ3v) is 4.94. The number of hydrazone groups is 1. The highest BCUT2D eigenvalue weighted by Gasteiger charge is 2.24. The summed E-state index contributed by atoms with van der Waals surface area (Å²) >= 11 is 0. The highest BCUT2D eigenvalue weighted by molar-refractivity contribution is 5.89. The lowest BCUT2D eigenvalue weighted by Gasteiger charge is -2.20. The summed E-state index contributed by atoms with van der Waals surface area (Å²) in [6, 6.07) is 11.3. The molecule has 10 nitrogen and oxygen atoms in total. The summed E-state index contributed by atoms with van der Waals surface area (Å²) in [5, 5.41) is 6.75. The van der Waals surface area contributed by atoms with Gasteiger partial charge in [-0.2, -0.15) is 5.10 Å². The first-order chi connectivity index (χ1) is 16.8. The first-order valence-electron chi connectivity index (χ1n) is 10.9. The quantitative estimate of drug-likeness (QED) is 0.268. The lowest BCUT2D eigenvalue weighted by Crippen LogP contribution is -2.49. The molecule has 0 saturated heterocycles. The fraction of sp³-hybridized carbons (Fsp3) is 0.360. The van der Waals surface area contributed by atoms with Gasteiger partial charge in [0.05, 0.1) is 34.0 Å².